The summed E-state index contributed by atoms with van der Waals surface area (Å²) < 4.78 is 6.86. The number of tetrazole rings is 1. The van der Waals surface area contributed by atoms with E-state index in [9.17, 15) is 14.9 Å². The summed E-state index contributed by atoms with van der Waals surface area (Å²) in [5, 5.41) is 23.0. The van der Waals surface area contributed by atoms with Crippen molar-refractivity contribution >= 4 is 11.6 Å². The van der Waals surface area contributed by atoms with Gasteiger partial charge in [0.1, 0.15) is 5.75 Å². The van der Waals surface area contributed by atoms with Crippen molar-refractivity contribution in [2.24, 2.45) is 0 Å². The van der Waals surface area contributed by atoms with Crippen molar-refractivity contribution in [3.63, 3.8) is 0 Å². The molecule has 160 valence electrons. The Morgan fingerprint density at radius 3 is 2.55 bits per heavy atom. The van der Waals surface area contributed by atoms with Gasteiger partial charge in [-0.3, -0.25) is 19.8 Å². The Morgan fingerprint density at radius 1 is 1.13 bits per heavy atom. The average Bonchev–Trinajstić information content (AvgIpc) is 3.27. The number of benzene rings is 2. The van der Waals surface area contributed by atoms with Gasteiger partial charge in [-0.15, -0.1) is 5.10 Å². The van der Waals surface area contributed by atoms with Gasteiger partial charge in [0.25, 0.3) is 11.6 Å². The summed E-state index contributed by atoms with van der Waals surface area (Å²) in [6, 6.07) is 13.3. The summed E-state index contributed by atoms with van der Waals surface area (Å²) in [6.45, 7) is 2.88. The highest BCUT2D eigenvalue weighted by Gasteiger charge is 2.24. The molecule has 11 heteroatoms. The van der Waals surface area contributed by atoms with Crippen molar-refractivity contribution in [3.8, 4) is 11.4 Å². The lowest BCUT2D eigenvalue weighted by Gasteiger charge is -2.34. The molecular formula is C20H21N7O4. The van der Waals surface area contributed by atoms with Gasteiger partial charge in [-0.25, -0.2) is 0 Å². The molecule has 2 aromatic carbocycles. The molecule has 1 amide bonds. The summed E-state index contributed by atoms with van der Waals surface area (Å²) in [5.74, 6) is 1.25. The molecule has 3 aromatic rings. The molecule has 0 radical (unpaired) electrons. The molecular weight excluding hydrogens is 402 g/mol. The van der Waals surface area contributed by atoms with Crippen molar-refractivity contribution in [2.75, 3.05) is 33.3 Å². The first-order chi connectivity index (χ1) is 15.0. The maximum atomic E-state index is 12.7. The zero-order valence-corrected chi connectivity index (χ0v) is 16.9. The molecule has 1 fully saturated rings. The topological polar surface area (TPSA) is 120 Å². The van der Waals surface area contributed by atoms with Gasteiger partial charge >= 0.3 is 0 Å². The second-order valence-corrected chi connectivity index (χ2v) is 7.08. The van der Waals surface area contributed by atoms with E-state index in [4.69, 9.17) is 4.74 Å². The number of amides is 1. The molecule has 0 bridgehead atoms. The van der Waals surface area contributed by atoms with Crippen LogP contribution in [0.3, 0.4) is 0 Å². The summed E-state index contributed by atoms with van der Waals surface area (Å²) in [5.41, 5.74) is 1.07. The lowest BCUT2D eigenvalue weighted by atomic mass is 10.1. The van der Waals surface area contributed by atoms with Crippen molar-refractivity contribution < 1.29 is 14.5 Å². The van der Waals surface area contributed by atoms with Crippen molar-refractivity contribution in [1.82, 2.24) is 30.0 Å². The number of nitro groups is 1. The van der Waals surface area contributed by atoms with E-state index in [-0.39, 0.29) is 11.6 Å². The highest BCUT2D eigenvalue weighted by atomic mass is 16.6. The number of rotatable bonds is 6. The largest absolute Gasteiger partial charge is 0.497 e. The van der Waals surface area contributed by atoms with Crippen LogP contribution in [-0.4, -0.2) is 74.1 Å². The highest BCUT2D eigenvalue weighted by Crippen LogP contribution is 2.18. The van der Waals surface area contributed by atoms with Gasteiger partial charge in [0, 0.05) is 43.9 Å². The Bertz CT molecular complexity index is 1080. The SMILES string of the molecule is COc1ccc(-n2nnnc2CN2CCN(C(=O)c3cccc([N+](=O)[O-])c3)CC2)cc1. The van der Waals surface area contributed by atoms with Crippen LogP contribution < -0.4 is 4.74 Å². The van der Waals surface area contributed by atoms with Crippen molar-refractivity contribution in [3.05, 3.63) is 70.0 Å². The molecule has 1 saturated heterocycles. The van der Waals surface area contributed by atoms with E-state index in [0.717, 1.165) is 11.4 Å². The number of piperazine rings is 1. The fraction of sp³-hybridized carbons (Fsp3) is 0.300. The van der Waals surface area contributed by atoms with Gasteiger partial charge in [0.15, 0.2) is 5.82 Å². The lowest BCUT2D eigenvalue weighted by molar-refractivity contribution is -0.384. The molecule has 1 aliphatic heterocycles. The van der Waals surface area contributed by atoms with Gasteiger partial charge in [0.05, 0.1) is 24.3 Å². The van der Waals surface area contributed by atoms with Gasteiger partial charge < -0.3 is 9.64 Å². The third-order valence-corrected chi connectivity index (χ3v) is 5.18. The number of carbonyl (C=O) groups is 1. The first-order valence-electron chi connectivity index (χ1n) is 9.73. The normalized spacial score (nSPS) is 14.4. The van der Waals surface area contributed by atoms with E-state index < -0.39 is 4.92 Å². The van der Waals surface area contributed by atoms with E-state index in [0.29, 0.717) is 44.1 Å². The molecule has 0 spiro atoms. The third-order valence-electron chi connectivity index (χ3n) is 5.18. The van der Waals surface area contributed by atoms with Crippen LogP contribution in [0.1, 0.15) is 16.2 Å². The Kier molecular flexibility index (Phi) is 5.85. The standard InChI is InChI=1S/C20H21N7O4/c1-31-18-7-5-16(6-8-18)26-19(21-22-23-26)14-24-9-11-25(12-10-24)20(28)15-3-2-4-17(13-15)27(29)30/h2-8,13H,9-12,14H2,1H3. The minimum absolute atomic E-state index is 0.0881. The molecule has 0 saturated carbocycles. The first-order valence-corrected chi connectivity index (χ1v) is 9.73. The summed E-state index contributed by atoms with van der Waals surface area (Å²) in [6.07, 6.45) is 0. The number of non-ortho nitro benzene ring substituents is 1. The zero-order chi connectivity index (χ0) is 21.8. The minimum atomic E-state index is -0.498. The van der Waals surface area contributed by atoms with Gasteiger partial charge in [-0.05, 0) is 40.8 Å². The van der Waals surface area contributed by atoms with Crippen LogP contribution in [-0.2, 0) is 6.54 Å². The maximum Gasteiger partial charge on any atom is 0.270 e. The van der Waals surface area contributed by atoms with Crippen LogP contribution in [0.25, 0.3) is 5.69 Å². The molecule has 31 heavy (non-hydrogen) atoms. The summed E-state index contributed by atoms with van der Waals surface area (Å²) in [7, 11) is 1.61. The number of hydrogen-bond acceptors (Lipinski definition) is 8. The average molecular weight is 423 g/mol. The Hall–Kier alpha value is -3.86. The fourth-order valence-corrected chi connectivity index (χ4v) is 3.47. The number of nitro benzene ring substituents is 1. The molecule has 11 nitrogen and oxygen atoms in total. The predicted molar refractivity (Wildman–Crippen MR) is 110 cm³/mol. The molecule has 0 unspecified atom stereocenters. The van der Waals surface area contributed by atoms with E-state index in [1.807, 2.05) is 24.3 Å². The second-order valence-electron chi connectivity index (χ2n) is 7.08. The molecule has 4 rings (SSSR count). The van der Waals surface area contributed by atoms with Crippen LogP contribution in [0, 0.1) is 10.1 Å². The molecule has 0 N–H and O–H groups in total. The fourth-order valence-electron chi connectivity index (χ4n) is 3.47. The number of hydrogen-bond donors (Lipinski definition) is 0. The molecule has 1 aliphatic rings. The number of aromatic nitrogens is 4. The monoisotopic (exact) mass is 423 g/mol. The Balaban J connectivity index is 1.38. The van der Waals surface area contributed by atoms with Gasteiger partial charge in [-0.2, -0.15) is 4.68 Å². The van der Waals surface area contributed by atoms with Gasteiger partial charge in [-0.1, -0.05) is 6.07 Å². The number of methoxy groups -OCH3 is 1. The smallest absolute Gasteiger partial charge is 0.270 e. The summed E-state index contributed by atoms with van der Waals surface area (Å²) in [4.78, 5) is 27.1. The zero-order valence-electron chi connectivity index (χ0n) is 16.9. The second kappa shape index (κ2) is 8.88. The maximum absolute atomic E-state index is 12.7. The Morgan fingerprint density at radius 2 is 1.87 bits per heavy atom. The third kappa shape index (κ3) is 4.51. The van der Waals surface area contributed by atoms with E-state index in [2.05, 4.69) is 20.4 Å². The predicted octanol–water partition coefficient (Wildman–Crippen LogP) is 1.54. The molecule has 2 heterocycles. The lowest BCUT2D eigenvalue weighted by Crippen LogP contribution is -2.48. The minimum Gasteiger partial charge on any atom is -0.497 e. The van der Waals surface area contributed by atoms with Gasteiger partial charge in [0.2, 0.25) is 0 Å². The molecule has 0 atom stereocenters. The molecule has 0 aliphatic carbocycles. The van der Waals surface area contributed by atoms with Crippen LogP contribution in [0.5, 0.6) is 5.75 Å². The van der Waals surface area contributed by atoms with Crippen molar-refractivity contribution in [1.29, 1.82) is 0 Å². The number of nitrogens with zero attached hydrogens (tertiary/aromatic N) is 7. The highest BCUT2D eigenvalue weighted by molar-refractivity contribution is 5.94. The van der Waals surface area contributed by atoms with Crippen LogP contribution in [0.15, 0.2) is 48.5 Å². The number of carbonyl (C=O) groups excluding carboxylic acids is 1. The summed E-state index contributed by atoms with van der Waals surface area (Å²) >= 11 is 0. The van der Waals surface area contributed by atoms with E-state index in [1.165, 1.54) is 18.2 Å². The Labute approximate surface area is 178 Å². The van der Waals surface area contributed by atoms with E-state index in [1.54, 1.807) is 22.8 Å². The van der Waals surface area contributed by atoms with E-state index >= 15 is 0 Å². The number of ether oxygens (including phenoxy) is 1. The van der Waals surface area contributed by atoms with Crippen LogP contribution in [0.2, 0.25) is 0 Å². The van der Waals surface area contributed by atoms with Crippen LogP contribution >= 0.6 is 0 Å². The van der Waals surface area contributed by atoms with Crippen LogP contribution in [0.4, 0.5) is 5.69 Å². The quantitative estimate of drug-likeness (QED) is 0.433. The molecule has 1 aromatic heterocycles. The van der Waals surface area contributed by atoms with Crippen molar-refractivity contribution in [2.45, 2.75) is 6.54 Å². The first kappa shape index (κ1) is 20.4.